The quantitative estimate of drug-likeness (QED) is 0.0113. The maximum Gasteiger partial charge on any atom is 0.330 e. The summed E-state index contributed by atoms with van der Waals surface area (Å²) in [6, 6.07) is 0. The number of phosphoric acid groups is 1. The Hall–Kier alpha value is -1.77. The highest BCUT2D eigenvalue weighted by atomic mass is 31.2. The Morgan fingerprint density at radius 2 is 0.967 bits per heavy atom. The van der Waals surface area contributed by atoms with Crippen LogP contribution in [0.5, 0.6) is 0 Å². The fourth-order valence-corrected chi connectivity index (χ4v) is 7.59. The minimum Gasteiger partial charge on any atom is -0.756 e. The summed E-state index contributed by atoms with van der Waals surface area (Å²) in [6.45, 7) is 4.12. The largest absolute Gasteiger partial charge is 0.756 e. The molecule has 0 aromatic carbocycles. The molecule has 0 aliphatic heterocycles. The molecule has 0 aliphatic carbocycles. The van der Waals surface area contributed by atoms with Gasteiger partial charge in [0.25, 0.3) is 7.82 Å². The zero-order valence-corrected chi connectivity index (χ0v) is 40.6. The van der Waals surface area contributed by atoms with Gasteiger partial charge in [0, 0.05) is 12.5 Å². The van der Waals surface area contributed by atoms with E-state index in [0.717, 1.165) is 32.1 Å². The van der Waals surface area contributed by atoms with Gasteiger partial charge in [-0.2, -0.15) is 0 Å². The van der Waals surface area contributed by atoms with Gasteiger partial charge in [-0.1, -0.05) is 198 Å². The fourth-order valence-electron chi connectivity index (χ4n) is 6.86. The second-order valence-electron chi connectivity index (χ2n) is 17.9. The summed E-state index contributed by atoms with van der Waals surface area (Å²) in [6.07, 6.45) is 49.5. The Labute approximate surface area is 370 Å². The van der Waals surface area contributed by atoms with E-state index >= 15 is 0 Å². The van der Waals surface area contributed by atoms with Crippen LogP contribution in [-0.2, 0) is 32.7 Å². The number of carbonyl (C=O) groups excluding carboxylic acids is 2. The molecular formula is C50H94NO8P. The highest BCUT2D eigenvalue weighted by Crippen LogP contribution is 2.38. The third kappa shape index (κ3) is 45.7. The van der Waals surface area contributed by atoms with Crippen LogP contribution in [0.2, 0.25) is 0 Å². The van der Waals surface area contributed by atoms with Crippen molar-refractivity contribution >= 4 is 19.8 Å². The van der Waals surface area contributed by atoms with Gasteiger partial charge in [0.1, 0.15) is 19.8 Å². The molecule has 1 unspecified atom stereocenters. The molecule has 0 aromatic heterocycles. The number of phosphoric ester groups is 1. The molecule has 0 aliphatic rings. The molecule has 0 saturated carbocycles. The molecule has 60 heavy (non-hydrogen) atoms. The number of hydrogen-bond donors (Lipinski definition) is 0. The van der Waals surface area contributed by atoms with Crippen LogP contribution in [0.3, 0.4) is 0 Å². The predicted octanol–water partition coefficient (Wildman–Crippen LogP) is 13.8. The van der Waals surface area contributed by atoms with E-state index in [9.17, 15) is 19.0 Å². The molecule has 0 N–H and O–H groups in total. The van der Waals surface area contributed by atoms with Crippen molar-refractivity contribution in [1.82, 2.24) is 0 Å². The van der Waals surface area contributed by atoms with E-state index in [1.165, 1.54) is 167 Å². The lowest BCUT2D eigenvalue weighted by Gasteiger charge is -2.28. The molecule has 0 spiro atoms. The van der Waals surface area contributed by atoms with Crippen LogP contribution in [0.25, 0.3) is 0 Å². The van der Waals surface area contributed by atoms with Crippen LogP contribution < -0.4 is 4.89 Å². The van der Waals surface area contributed by atoms with Crippen molar-refractivity contribution in [2.45, 2.75) is 225 Å². The summed E-state index contributed by atoms with van der Waals surface area (Å²) in [5.74, 6) is -1.08. The molecule has 0 amide bonds. The molecule has 352 valence electrons. The molecule has 0 heterocycles. The Bertz CT molecular complexity index is 1120. The number of likely N-dealkylation sites (N-methyl/N-ethyl adjacent to an activating group) is 1. The average molecular weight is 868 g/mol. The first kappa shape index (κ1) is 58.2. The van der Waals surface area contributed by atoms with Crippen LogP contribution >= 0.6 is 7.82 Å². The van der Waals surface area contributed by atoms with Gasteiger partial charge in [-0.15, -0.1) is 0 Å². The fraction of sp³-hybridized carbons (Fsp3) is 0.840. The number of ether oxygens (including phenoxy) is 2. The van der Waals surface area contributed by atoms with Crippen LogP contribution in [0.4, 0.5) is 0 Å². The third-order valence-corrected chi connectivity index (χ3v) is 11.7. The molecule has 0 saturated heterocycles. The summed E-state index contributed by atoms with van der Waals surface area (Å²) in [4.78, 5) is 37.5. The predicted molar refractivity (Wildman–Crippen MR) is 250 cm³/mol. The van der Waals surface area contributed by atoms with Crippen molar-refractivity contribution < 1.29 is 42.1 Å². The topological polar surface area (TPSA) is 111 Å². The molecule has 0 bridgehead atoms. The monoisotopic (exact) mass is 868 g/mol. The lowest BCUT2D eigenvalue weighted by Crippen LogP contribution is -2.37. The molecule has 0 radical (unpaired) electrons. The van der Waals surface area contributed by atoms with Gasteiger partial charge in [-0.25, -0.2) is 4.79 Å². The van der Waals surface area contributed by atoms with Gasteiger partial charge in [-0.05, 0) is 44.9 Å². The highest BCUT2D eigenvalue weighted by molar-refractivity contribution is 7.45. The van der Waals surface area contributed by atoms with Gasteiger partial charge >= 0.3 is 11.9 Å². The van der Waals surface area contributed by atoms with E-state index in [2.05, 4.69) is 26.0 Å². The maximum absolute atomic E-state index is 12.7. The van der Waals surface area contributed by atoms with Crippen LogP contribution in [0.1, 0.15) is 219 Å². The summed E-state index contributed by atoms with van der Waals surface area (Å²) in [5.41, 5.74) is 0. The first-order chi connectivity index (χ1) is 29.0. The zero-order chi connectivity index (χ0) is 44.3. The summed E-state index contributed by atoms with van der Waals surface area (Å²) >= 11 is 0. The highest BCUT2D eigenvalue weighted by Gasteiger charge is 2.21. The van der Waals surface area contributed by atoms with E-state index in [4.69, 9.17) is 18.5 Å². The van der Waals surface area contributed by atoms with Gasteiger partial charge in [-0.3, -0.25) is 9.36 Å². The SMILES string of the molecule is CCCCCCCC/C=C/CCCCCCCCCCCCCC(=O)O[C@H](COC(=O)/C=C/C=C/CCCCCCCCCCCCC)COP(=O)([O-])OCC[N+](C)(C)C. The molecule has 10 heteroatoms. The Kier molecular flexibility index (Phi) is 41.3. The number of carbonyl (C=O) groups is 2. The van der Waals surface area contributed by atoms with Crippen LogP contribution in [-0.4, -0.2) is 70.0 Å². The minimum absolute atomic E-state index is 0.0429. The second kappa shape index (κ2) is 42.5. The maximum atomic E-state index is 12.7. The lowest BCUT2D eigenvalue weighted by molar-refractivity contribution is -0.870. The van der Waals surface area contributed by atoms with Gasteiger partial charge < -0.3 is 27.9 Å². The van der Waals surface area contributed by atoms with E-state index in [1.807, 2.05) is 33.3 Å². The molecule has 0 fully saturated rings. The number of quaternary nitrogens is 1. The van der Waals surface area contributed by atoms with Crippen molar-refractivity contribution in [2.24, 2.45) is 0 Å². The lowest BCUT2D eigenvalue weighted by atomic mass is 10.0. The third-order valence-electron chi connectivity index (χ3n) is 10.7. The van der Waals surface area contributed by atoms with Crippen molar-refractivity contribution in [3.05, 3.63) is 36.5 Å². The molecule has 9 nitrogen and oxygen atoms in total. The van der Waals surface area contributed by atoms with Crippen LogP contribution in [0, 0.1) is 0 Å². The molecule has 0 aromatic rings. The number of rotatable bonds is 45. The number of unbranched alkanes of at least 4 members (excludes halogenated alkanes) is 28. The van der Waals surface area contributed by atoms with Crippen LogP contribution in [0.15, 0.2) is 36.5 Å². The van der Waals surface area contributed by atoms with E-state index in [-0.39, 0.29) is 19.6 Å². The standard InChI is InChI=1S/C50H94NO8P/c1-6-8-10-12-14-16-18-20-22-23-24-25-26-27-29-31-33-35-37-39-41-43-50(53)59-48(47-58-60(54,55)57-45-44-51(3,4)5)46-56-49(52)42-40-38-36-34-32-30-28-21-19-17-15-13-11-9-7-2/h20,22,36,38,40,42,48H,6-19,21,23-35,37,39,41,43-47H2,1-5H3/b22-20+,38-36+,42-40+/t48-/m1/s1. The Morgan fingerprint density at radius 1 is 0.550 bits per heavy atom. The number of esters is 2. The van der Waals surface area contributed by atoms with Crippen molar-refractivity contribution in [2.75, 3.05) is 47.5 Å². The van der Waals surface area contributed by atoms with E-state index in [1.54, 1.807) is 6.08 Å². The van der Waals surface area contributed by atoms with E-state index in [0.29, 0.717) is 17.4 Å². The molecular weight excluding hydrogens is 774 g/mol. The summed E-state index contributed by atoms with van der Waals surface area (Å²) < 4.78 is 33.8. The number of allylic oxidation sites excluding steroid dienone is 5. The van der Waals surface area contributed by atoms with Gasteiger partial charge in [0.15, 0.2) is 6.10 Å². The Morgan fingerprint density at radius 3 is 1.42 bits per heavy atom. The molecule has 2 atom stereocenters. The number of hydrogen-bond acceptors (Lipinski definition) is 8. The average Bonchev–Trinajstić information content (AvgIpc) is 3.20. The first-order valence-electron chi connectivity index (χ1n) is 24.7. The summed E-state index contributed by atoms with van der Waals surface area (Å²) in [7, 11) is 1.13. The first-order valence-corrected chi connectivity index (χ1v) is 26.2. The van der Waals surface area contributed by atoms with Gasteiger partial charge in [0.2, 0.25) is 0 Å². The minimum atomic E-state index is -4.65. The second-order valence-corrected chi connectivity index (χ2v) is 19.3. The van der Waals surface area contributed by atoms with Crippen molar-refractivity contribution in [1.29, 1.82) is 0 Å². The van der Waals surface area contributed by atoms with E-state index < -0.39 is 32.5 Å². The van der Waals surface area contributed by atoms with Crippen molar-refractivity contribution in [3.63, 3.8) is 0 Å². The number of nitrogens with zero attached hydrogens (tertiary/aromatic N) is 1. The normalized spacial score (nSPS) is 13.8. The summed E-state index contributed by atoms with van der Waals surface area (Å²) in [5, 5.41) is 0. The smallest absolute Gasteiger partial charge is 0.330 e. The van der Waals surface area contributed by atoms with Gasteiger partial charge in [0.05, 0.1) is 27.7 Å². The zero-order valence-electron chi connectivity index (χ0n) is 39.7. The molecule has 0 rings (SSSR count). The van der Waals surface area contributed by atoms with Crippen molar-refractivity contribution in [3.8, 4) is 0 Å². The Balaban J connectivity index is 4.33.